The van der Waals surface area contributed by atoms with Gasteiger partial charge in [0.1, 0.15) is 0 Å². The van der Waals surface area contributed by atoms with Gasteiger partial charge in [-0.2, -0.15) is 0 Å². The van der Waals surface area contributed by atoms with E-state index < -0.39 is 9.28 Å². The van der Waals surface area contributed by atoms with Gasteiger partial charge in [0.15, 0.2) is 0 Å². The second-order valence-electron chi connectivity index (χ2n) is 2.19. The van der Waals surface area contributed by atoms with Crippen LogP contribution in [0.15, 0.2) is 24.3 Å². The summed E-state index contributed by atoms with van der Waals surface area (Å²) in [5, 5.41) is 0. The maximum absolute atomic E-state index is 5.20. The van der Waals surface area contributed by atoms with E-state index in [1.165, 1.54) is 21.1 Å². The van der Waals surface area contributed by atoms with E-state index in [2.05, 4.69) is 29.4 Å². The first-order valence-electron chi connectivity index (χ1n) is 5.02. The molecule has 5 nitrogen and oxygen atoms in total. The molecule has 1 aliphatic carbocycles. The molecule has 0 amide bonds. The molecule has 0 radical (unpaired) electrons. The number of hydrogen-bond donors (Lipinski definition) is 3. The third-order valence-corrected chi connectivity index (χ3v) is 3.56. The summed E-state index contributed by atoms with van der Waals surface area (Å²) in [6.45, 7) is 0. The van der Waals surface area contributed by atoms with Gasteiger partial charge in [-0.05, 0) is 21.1 Å². The van der Waals surface area contributed by atoms with Crippen molar-refractivity contribution in [3.05, 3.63) is 24.3 Å². The fourth-order valence-corrected chi connectivity index (χ4v) is 2.48. The highest BCUT2D eigenvalue weighted by atomic mass is 28.3. The first-order chi connectivity index (χ1) is 7.88. The van der Waals surface area contributed by atoms with Gasteiger partial charge in [-0.25, -0.2) is 0 Å². The lowest BCUT2D eigenvalue weighted by Crippen LogP contribution is -2.23. The standard InChI is InChI=1S/C7H12O2Si.3CH5N/c1-8-10(9-2)7-5-3-4-6-7;3*1-2/h3-7,10H,1-2H3;3*2H2,1H3. The van der Waals surface area contributed by atoms with Crippen LogP contribution in [0.3, 0.4) is 0 Å². The minimum absolute atomic E-state index is 0.426. The third-order valence-electron chi connectivity index (χ3n) is 1.56. The molecule has 1 rings (SSSR count). The maximum Gasteiger partial charge on any atom is 0.331 e. The van der Waals surface area contributed by atoms with Crippen LogP contribution in [0.1, 0.15) is 0 Å². The topological polar surface area (TPSA) is 96.5 Å². The first kappa shape index (κ1) is 20.9. The number of allylic oxidation sites excluding steroid dienone is 4. The molecule has 98 valence electrons. The molecular formula is C10H27N3O2Si. The van der Waals surface area contributed by atoms with Crippen LogP contribution < -0.4 is 17.2 Å². The molecule has 0 aliphatic heterocycles. The Morgan fingerprint density at radius 1 is 0.812 bits per heavy atom. The molecule has 0 spiro atoms. The second-order valence-corrected chi connectivity index (χ2v) is 4.64. The van der Waals surface area contributed by atoms with Crippen LogP contribution in [0.5, 0.6) is 0 Å². The Kier molecular flexibility index (Phi) is 26.0. The van der Waals surface area contributed by atoms with Crippen LogP contribution in [0.4, 0.5) is 0 Å². The van der Waals surface area contributed by atoms with Crippen LogP contribution in [0.2, 0.25) is 5.54 Å². The molecule has 0 aromatic rings. The van der Waals surface area contributed by atoms with Gasteiger partial charge >= 0.3 is 9.28 Å². The Morgan fingerprint density at radius 2 is 1.12 bits per heavy atom. The summed E-state index contributed by atoms with van der Waals surface area (Å²) in [6, 6.07) is 0. The third kappa shape index (κ3) is 10.0. The summed E-state index contributed by atoms with van der Waals surface area (Å²) in [6.07, 6.45) is 8.29. The van der Waals surface area contributed by atoms with Crippen LogP contribution in [-0.4, -0.2) is 44.6 Å². The van der Waals surface area contributed by atoms with E-state index in [0.717, 1.165) is 0 Å². The van der Waals surface area contributed by atoms with Crippen molar-refractivity contribution in [3.63, 3.8) is 0 Å². The molecule has 1 aliphatic rings. The summed E-state index contributed by atoms with van der Waals surface area (Å²) in [7, 11) is 6.50. The smallest absolute Gasteiger partial charge is 0.331 e. The molecule has 0 bridgehead atoms. The molecule has 6 heteroatoms. The lowest BCUT2D eigenvalue weighted by Gasteiger charge is -2.13. The Morgan fingerprint density at radius 3 is 1.38 bits per heavy atom. The Bertz CT molecular complexity index is 150. The van der Waals surface area contributed by atoms with Crippen molar-refractivity contribution in [3.8, 4) is 0 Å². The van der Waals surface area contributed by atoms with Crippen molar-refractivity contribution in [2.45, 2.75) is 5.54 Å². The van der Waals surface area contributed by atoms with Crippen molar-refractivity contribution < 1.29 is 8.85 Å². The van der Waals surface area contributed by atoms with Gasteiger partial charge in [-0.1, -0.05) is 24.3 Å². The number of hydrogen-bond acceptors (Lipinski definition) is 5. The van der Waals surface area contributed by atoms with Crippen LogP contribution in [0, 0.1) is 0 Å². The van der Waals surface area contributed by atoms with Crippen LogP contribution >= 0.6 is 0 Å². The van der Waals surface area contributed by atoms with Crippen molar-refractivity contribution in [1.29, 1.82) is 0 Å². The van der Waals surface area contributed by atoms with E-state index in [1.54, 1.807) is 14.2 Å². The Balaban J connectivity index is -0.000000245. The predicted octanol–water partition coefficient (Wildman–Crippen LogP) is -0.279. The van der Waals surface area contributed by atoms with Gasteiger partial charge in [0.2, 0.25) is 0 Å². The zero-order valence-electron chi connectivity index (χ0n) is 11.0. The molecule has 0 saturated carbocycles. The van der Waals surface area contributed by atoms with E-state index in [1.807, 2.05) is 12.2 Å². The zero-order valence-corrected chi connectivity index (χ0v) is 12.2. The number of rotatable bonds is 3. The SMILES string of the molecule is CN.CN.CN.CO[SiH](OC)C1C=CC=C1. The lowest BCUT2D eigenvalue weighted by molar-refractivity contribution is 0.275. The molecule has 0 fully saturated rings. The summed E-state index contributed by atoms with van der Waals surface area (Å²) in [5.41, 5.74) is 13.9. The van der Waals surface area contributed by atoms with E-state index in [9.17, 15) is 0 Å². The van der Waals surface area contributed by atoms with Crippen molar-refractivity contribution in [2.75, 3.05) is 35.4 Å². The quantitative estimate of drug-likeness (QED) is 0.598. The molecule has 0 atom stereocenters. The van der Waals surface area contributed by atoms with Crippen molar-refractivity contribution >= 4 is 9.28 Å². The van der Waals surface area contributed by atoms with Crippen molar-refractivity contribution in [2.24, 2.45) is 17.2 Å². The summed E-state index contributed by atoms with van der Waals surface area (Å²) in [5.74, 6) is 0. The average Bonchev–Trinajstić information content (AvgIpc) is 2.92. The average molecular weight is 249 g/mol. The van der Waals surface area contributed by atoms with E-state index in [4.69, 9.17) is 8.85 Å². The van der Waals surface area contributed by atoms with Gasteiger partial charge in [0, 0.05) is 19.8 Å². The summed E-state index contributed by atoms with van der Waals surface area (Å²) in [4.78, 5) is 0. The molecule has 0 heterocycles. The normalized spacial score (nSPS) is 12.1. The molecule has 6 N–H and O–H groups in total. The molecule has 16 heavy (non-hydrogen) atoms. The van der Waals surface area contributed by atoms with Gasteiger partial charge in [0.25, 0.3) is 0 Å². The molecule has 0 aromatic carbocycles. The summed E-state index contributed by atoms with van der Waals surface area (Å²) >= 11 is 0. The van der Waals surface area contributed by atoms with Gasteiger partial charge < -0.3 is 26.1 Å². The van der Waals surface area contributed by atoms with Crippen LogP contribution in [-0.2, 0) is 8.85 Å². The van der Waals surface area contributed by atoms with E-state index >= 15 is 0 Å². The number of nitrogens with two attached hydrogens (primary N) is 3. The fourth-order valence-electron chi connectivity index (χ4n) is 1.04. The van der Waals surface area contributed by atoms with Gasteiger partial charge in [-0.15, -0.1) is 0 Å². The first-order valence-corrected chi connectivity index (χ1v) is 6.63. The van der Waals surface area contributed by atoms with Crippen molar-refractivity contribution in [1.82, 2.24) is 0 Å². The summed E-state index contributed by atoms with van der Waals surface area (Å²) < 4.78 is 10.4. The lowest BCUT2D eigenvalue weighted by atomic mass is 10.5. The monoisotopic (exact) mass is 249 g/mol. The highest BCUT2D eigenvalue weighted by Gasteiger charge is 2.20. The minimum atomic E-state index is -1.42. The maximum atomic E-state index is 5.20. The molecule has 0 saturated heterocycles. The molecular weight excluding hydrogens is 222 g/mol. The Labute approximate surface area is 101 Å². The Hall–Kier alpha value is -0.503. The molecule has 0 aromatic heterocycles. The van der Waals surface area contributed by atoms with Crippen LogP contribution in [0.25, 0.3) is 0 Å². The zero-order chi connectivity index (χ0) is 13.4. The minimum Gasteiger partial charge on any atom is -0.399 e. The highest BCUT2D eigenvalue weighted by molar-refractivity contribution is 6.47. The fraction of sp³-hybridized carbons (Fsp3) is 0.600. The van der Waals surface area contributed by atoms with Gasteiger partial charge in [-0.3, -0.25) is 0 Å². The van der Waals surface area contributed by atoms with E-state index in [-0.39, 0.29) is 0 Å². The largest absolute Gasteiger partial charge is 0.399 e. The molecule has 0 unspecified atom stereocenters. The predicted molar refractivity (Wildman–Crippen MR) is 73.5 cm³/mol. The highest BCUT2D eigenvalue weighted by Crippen LogP contribution is 2.19. The second kappa shape index (κ2) is 20.0. The van der Waals surface area contributed by atoms with E-state index in [0.29, 0.717) is 5.54 Å². The van der Waals surface area contributed by atoms with Gasteiger partial charge in [0.05, 0.1) is 0 Å².